The number of amides is 3. The van der Waals surface area contributed by atoms with E-state index in [1.807, 2.05) is 36.4 Å². The van der Waals surface area contributed by atoms with Gasteiger partial charge in [0.2, 0.25) is 5.91 Å². The van der Waals surface area contributed by atoms with Crippen LogP contribution in [0.25, 0.3) is 6.08 Å². The standard InChI is InChI=1S/C37H31ClN4O5S/c1-46-31-18-9-15-26(33(31)47-2)21-30(41-35(43)25-13-7-4-8-14-25)36(44)40-28-16-10-17-29(22-28)48-34(24-11-5-3-6-12-24)37(45)42-32-20-19-27(38)23-39-32/h3-23,34H,1-2H3,(H,40,44)(H,41,43)(H,39,42,45)/b30-21+. The maximum atomic E-state index is 13.8. The van der Waals surface area contributed by atoms with Gasteiger partial charge in [0.05, 0.1) is 19.2 Å². The molecule has 242 valence electrons. The van der Waals surface area contributed by atoms with E-state index in [-0.39, 0.29) is 11.6 Å². The topological polar surface area (TPSA) is 119 Å². The second-order valence-corrected chi connectivity index (χ2v) is 11.8. The average Bonchev–Trinajstić information content (AvgIpc) is 3.12. The van der Waals surface area contributed by atoms with Crippen molar-refractivity contribution in [3.8, 4) is 11.5 Å². The van der Waals surface area contributed by atoms with Crippen molar-refractivity contribution in [2.75, 3.05) is 24.9 Å². The lowest BCUT2D eigenvalue weighted by Gasteiger charge is -2.18. The Hall–Kier alpha value is -5.58. The van der Waals surface area contributed by atoms with E-state index >= 15 is 0 Å². The number of ether oxygens (including phenoxy) is 2. The molecule has 1 aromatic heterocycles. The van der Waals surface area contributed by atoms with Crippen molar-refractivity contribution in [1.29, 1.82) is 0 Å². The summed E-state index contributed by atoms with van der Waals surface area (Å²) in [6.07, 6.45) is 2.99. The number of para-hydroxylation sites is 1. The van der Waals surface area contributed by atoms with E-state index in [9.17, 15) is 14.4 Å². The van der Waals surface area contributed by atoms with Crippen molar-refractivity contribution < 1.29 is 23.9 Å². The first-order chi connectivity index (χ1) is 23.3. The van der Waals surface area contributed by atoms with Gasteiger partial charge >= 0.3 is 0 Å². The highest BCUT2D eigenvalue weighted by atomic mass is 35.5. The Morgan fingerprint density at radius 2 is 1.54 bits per heavy atom. The Balaban J connectivity index is 1.41. The Morgan fingerprint density at radius 3 is 2.23 bits per heavy atom. The number of nitrogens with zero attached hydrogens (tertiary/aromatic N) is 1. The summed E-state index contributed by atoms with van der Waals surface area (Å²) in [6, 6.07) is 33.5. The van der Waals surface area contributed by atoms with Gasteiger partial charge in [0, 0.05) is 27.9 Å². The number of anilines is 2. The zero-order valence-corrected chi connectivity index (χ0v) is 27.5. The van der Waals surface area contributed by atoms with Gasteiger partial charge in [-0.05, 0) is 60.2 Å². The molecule has 3 amide bonds. The van der Waals surface area contributed by atoms with E-state index < -0.39 is 17.1 Å². The summed E-state index contributed by atoms with van der Waals surface area (Å²) >= 11 is 7.27. The van der Waals surface area contributed by atoms with Crippen LogP contribution in [0.15, 0.2) is 132 Å². The largest absolute Gasteiger partial charge is 0.493 e. The van der Waals surface area contributed by atoms with Gasteiger partial charge in [-0.25, -0.2) is 4.98 Å². The fourth-order valence-electron chi connectivity index (χ4n) is 4.65. The van der Waals surface area contributed by atoms with E-state index in [4.69, 9.17) is 21.1 Å². The Labute approximate surface area is 287 Å². The van der Waals surface area contributed by atoms with E-state index in [1.165, 1.54) is 38.3 Å². The highest BCUT2D eigenvalue weighted by Gasteiger charge is 2.23. The van der Waals surface area contributed by atoms with E-state index in [1.54, 1.807) is 78.9 Å². The number of nitrogens with one attached hydrogen (secondary N) is 3. The molecule has 0 saturated carbocycles. The maximum absolute atomic E-state index is 13.8. The second kappa shape index (κ2) is 16.3. The number of aromatic nitrogens is 1. The SMILES string of the molecule is COc1cccc(/C=C(/NC(=O)c2ccccc2)C(=O)Nc2cccc(SC(C(=O)Nc3ccc(Cl)cn3)c3ccccc3)c2)c1OC. The number of carbonyl (C=O) groups is 3. The van der Waals surface area contributed by atoms with Crippen LogP contribution in [0.3, 0.4) is 0 Å². The molecule has 9 nitrogen and oxygen atoms in total. The molecule has 0 bridgehead atoms. The van der Waals surface area contributed by atoms with Crippen molar-refractivity contribution in [2.45, 2.75) is 10.1 Å². The number of carbonyl (C=O) groups excluding carboxylic acids is 3. The highest BCUT2D eigenvalue weighted by molar-refractivity contribution is 8.00. The molecule has 0 aliphatic rings. The third-order valence-electron chi connectivity index (χ3n) is 6.93. The van der Waals surface area contributed by atoms with Crippen molar-refractivity contribution >= 4 is 58.7 Å². The molecular weight excluding hydrogens is 648 g/mol. The minimum absolute atomic E-state index is 0.0227. The molecule has 48 heavy (non-hydrogen) atoms. The molecule has 5 rings (SSSR count). The molecule has 0 aliphatic carbocycles. The van der Waals surface area contributed by atoms with Gasteiger partial charge in [0.1, 0.15) is 16.8 Å². The lowest BCUT2D eigenvalue weighted by molar-refractivity contribution is -0.116. The fourth-order valence-corrected chi connectivity index (χ4v) is 5.84. The molecule has 1 unspecified atom stereocenters. The van der Waals surface area contributed by atoms with Crippen LogP contribution < -0.4 is 25.4 Å². The molecule has 11 heteroatoms. The lowest BCUT2D eigenvalue weighted by Crippen LogP contribution is -2.30. The third kappa shape index (κ3) is 8.81. The highest BCUT2D eigenvalue weighted by Crippen LogP contribution is 2.37. The Bertz CT molecular complexity index is 1920. The van der Waals surface area contributed by atoms with Crippen LogP contribution >= 0.6 is 23.4 Å². The van der Waals surface area contributed by atoms with Gasteiger partial charge in [-0.1, -0.05) is 78.3 Å². The van der Waals surface area contributed by atoms with Crippen LogP contribution in [0.1, 0.15) is 26.7 Å². The number of thioether (sulfide) groups is 1. The molecule has 0 saturated heterocycles. The summed E-state index contributed by atoms with van der Waals surface area (Å²) in [6.45, 7) is 0. The van der Waals surface area contributed by atoms with Crippen molar-refractivity contribution in [1.82, 2.24) is 10.3 Å². The van der Waals surface area contributed by atoms with E-state index in [0.717, 1.165) is 5.56 Å². The predicted molar refractivity (Wildman–Crippen MR) is 189 cm³/mol. The van der Waals surface area contributed by atoms with Crippen molar-refractivity contribution in [2.24, 2.45) is 0 Å². The number of methoxy groups -OCH3 is 2. The van der Waals surface area contributed by atoms with Gasteiger partial charge < -0.3 is 25.4 Å². The minimum atomic E-state index is -0.643. The van der Waals surface area contributed by atoms with Crippen LogP contribution in [0.4, 0.5) is 11.5 Å². The van der Waals surface area contributed by atoms with Gasteiger partial charge in [0.15, 0.2) is 11.5 Å². The number of halogens is 1. The Kier molecular flexibility index (Phi) is 11.5. The molecule has 0 radical (unpaired) electrons. The summed E-state index contributed by atoms with van der Waals surface area (Å²) in [5.74, 6) is -0.0776. The molecule has 3 N–H and O–H groups in total. The van der Waals surface area contributed by atoms with E-state index in [0.29, 0.717) is 44.0 Å². The molecule has 0 aliphatic heterocycles. The van der Waals surface area contributed by atoms with Gasteiger partial charge in [-0.15, -0.1) is 11.8 Å². The first-order valence-electron chi connectivity index (χ1n) is 14.7. The monoisotopic (exact) mass is 678 g/mol. The van der Waals surface area contributed by atoms with Crippen LogP contribution in [0.5, 0.6) is 11.5 Å². The van der Waals surface area contributed by atoms with Gasteiger partial charge in [-0.2, -0.15) is 0 Å². The maximum Gasteiger partial charge on any atom is 0.272 e. The number of pyridine rings is 1. The first kappa shape index (κ1) is 33.8. The zero-order valence-electron chi connectivity index (χ0n) is 26.0. The summed E-state index contributed by atoms with van der Waals surface area (Å²) in [5.41, 5.74) is 2.11. The van der Waals surface area contributed by atoms with Gasteiger partial charge in [0.25, 0.3) is 11.8 Å². The summed E-state index contributed by atoms with van der Waals surface area (Å²) in [4.78, 5) is 45.3. The molecule has 4 aromatic carbocycles. The molecule has 0 spiro atoms. The van der Waals surface area contributed by atoms with Crippen LogP contribution in [0.2, 0.25) is 5.02 Å². The molecule has 5 aromatic rings. The summed E-state index contributed by atoms with van der Waals surface area (Å²) in [5, 5.41) is 8.30. The first-order valence-corrected chi connectivity index (χ1v) is 15.9. The predicted octanol–water partition coefficient (Wildman–Crippen LogP) is 7.63. The number of hydrogen-bond acceptors (Lipinski definition) is 7. The minimum Gasteiger partial charge on any atom is -0.493 e. The molecule has 0 fully saturated rings. The number of rotatable bonds is 12. The van der Waals surface area contributed by atoms with Crippen molar-refractivity contribution in [3.05, 3.63) is 149 Å². The van der Waals surface area contributed by atoms with E-state index in [2.05, 4.69) is 20.9 Å². The number of benzene rings is 4. The van der Waals surface area contributed by atoms with Crippen LogP contribution in [-0.4, -0.2) is 36.9 Å². The average molecular weight is 679 g/mol. The third-order valence-corrected chi connectivity index (χ3v) is 8.40. The second-order valence-electron chi connectivity index (χ2n) is 10.2. The normalized spacial score (nSPS) is 11.6. The Morgan fingerprint density at radius 1 is 0.812 bits per heavy atom. The van der Waals surface area contributed by atoms with Gasteiger partial charge in [-0.3, -0.25) is 14.4 Å². The summed E-state index contributed by atoms with van der Waals surface area (Å²) in [7, 11) is 3.01. The lowest BCUT2D eigenvalue weighted by atomic mass is 10.1. The molecule has 1 atom stereocenters. The smallest absolute Gasteiger partial charge is 0.272 e. The molecular formula is C37H31ClN4O5S. The van der Waals surface area contributed by atoms with Crippen molar-refractivity contribution in [3.63, 3.8) is 0 Å². The summed E-state index contributed by atoms with van der Waals surface area (Å²) < 4.78 is 11.0. The molecule has 1 heterocycles. The van der Waals surface area contributed by atoms with Crippen LogP contribution in [0, 0.1) is 0 Å². The van der Waals surface area contributed by atoms with Crippen LogP contribution in [-0.2, 0) is 9.59 Å². The quantitative estimate of drug-likeness (QED) is 0.0917. The number of hydrogen-bond donors (Lipinski definition) is 3. The fraction of sp³-hybridized carbons (Fsp3) is 0.0811. The zero-order chi connectivity index (χ0) is 33.9.